The van der Waals surface area contributed by atoms with Crippen molar-refractivity contribution in [3.63, 3.8) is 0 Å². The Morgan fingerprint density at radius 1 is 1.33 bits per heavy atom. The molecule has 0 spiro atoms. The predicted molar refractivity (Wildman–Crippen MR) is 95.4 cm³/mol. The van der Waals surface area contributed by atoms with Crippen LogP contribution in [0.1, 0.15) is 45.8 Å². The Morgan fingerprint density at radius 2 is 2.17 bits per heavy atom. The maximum atomic E-state index is 12.5. The first-order valence-corrected chi connectivity index (χ1v) is 8.50. The van der Waals surface area contributed by atoms with Gasteiger partial charge in [0.2, 0.25) is 0 Å². The molecule has 1 amide bonds. The monoisotopic (exact) mass is 339 g/mol. The van der Waals surface area contributed by atoms with Crippen molar-refractivity contribution >= 4 is 28.4 Å². The van der Waals surface area contributed by atoms with Gasteiger partial charge in [0, 0.05) is 22.5 Å². The van der Waals surface area contributed by atoms with Gasteiger partial charge < -0.3 is 5.32 Å². The van der Waals surface area contributed by atoms with Crippen molar-refractivity contribution < 1.29 is 4.79 Å². The average Bonchev–Trinajstić information content (AvgIpc) is 3.31. The molecule has 1 aliphatic rings. The van der Waals surface area contributed by atoms with Gasteiger partial charge in [0.05, 0.1) is 11.7 Å². The lowest BCUT2D eigenvalue weighted by molar-refractivity contribution is 0.0951. The van der Waals surface area contributed by atoms with Crippen LogP contribution in [0, 0.1) is 6.92 Å². The first kappa shape index (κ1) is 15.2. The maximum Gasteiger partial charge on any atom is 0.251 e. The highest BCUT2D eigenvalue weighted by Gasteiger charge is 2.27. The maximum absolute atomic E-state index is 12.5. The number of aryl methyl sites for hydroxylation is 1. The number of fused-ring (bicyclic) bond motifs is 1. The standard InChI is InChI=1S/C19H18ClN3O/c1-11-8-13(4-6-17(11)20)19(24)21-9-15-14(12-2-3-12)5-7-18-16(15)10-22-23-18/h4-8,10,12H,2-3,9H2,1H3,(H,21,24)(H,22,23). The molecular formula is C19H18ClN3O. The van der Waals surface area contributed by atoms with E-state index in [4.69, 9.17) is 11.6 Å². The van der Waals surface area contributed by atoms with Crippen molar-refractivity contribution in [2.24, 2.45) is 0 Å². The summed E-state index contributed by atoms with van der Waals surface area (Å²) in [5, 5.41) is 11.9. The number of amides is 1. The molecule has 4 rings (SSSR count). The summed E-state index contributed by atoms with van der Waals surface area (Å²) in [5.41, 5.74) is 5.04. The highest BCUT2D eigenvalue weighted by molar-refractivity contribution is 6.31. The molecular weight excluding hydrogens is 322 g/mol. The van der Waals surface area contributed by atoms with E-state index in [0.29, 0.717) is 23.0 Å². The van der Waals surface area contributed by atoms with Crippen molar-refractivity contribution in [3.05, 3.63) is 63.8 Å². The number of carbonyl (C=O) groups is 1. The van der Waals surface area contributed by atoms with Crippen molar-refractivity contribution in [3.8, 4) is 0 Å². The fraction of sp³-hybridized carbons (Fsp3) is 0.263. The van der Waals surface area contributed by atoms with Crippen LogP contribution in [0.4, 0.5) is 0 Å². The summed E-state index contributed by atoms with van der Waals surface area (Å²) in [7, 11) is 0. The molecule has 1 aliphatic carbocycles. The van der Waals surface area contributed by atoms with E-state index in [2.05, 4.69) is 27.6 Å². The molecule has 1 saturated carbocycles. The number of nitrogens with one attached hydrogen (secondary N) is 2. The van der Waals surface area contributed by atoms with Gasteiger partial charge in [-0.25, -0.2) is 0 Å². The van der Waals surface area contributed by atoms with Gasteiger partial charge in [-0.15, -0.1) is 0 Å². The molecule has 1 heterocycles. The van der Waals surface area contributed by atoms with Gasteiger partial charge in [0.1, 0.15) is 0 Å². The third-order valence-corrected chi connectivity index (χ3v) is 5.06. The molecule has 1 fully saturated rings. The fourth-order valence-corrected chi connectivity index (χ4v) is 3.24. The summed E-state index contributed by atoms with van der Waals surface area (Å²) in [4.78, 5) is 12.5. The van der Waals surface area contributed by atoms with Crippen LogP contribution in [0.5, 0.6) is 0 Å². The molecule has 2 aromatic carbocycles. The number of aromatic nitrogens is 2. The van der Waals surface area contributed by atoms with E-state index in [0.717, 1.165) is 16.5 Å². The van der Waals surface area contributed by atoms with Gasteiger partial charge in [0.15, 0.2) is 0 Å². The van der Waals surface area contributed by atoms with E-state index < -0.39 is 0 Å². The summed E-state index contributed by atoms with van der Waals surface area (Å²) < 4.78 is 0. The first-order chi connectivity index (χ1) is 11.6. The average molecular weight is 340 g/mol. The number of hydrogen-bond donors (Lipinski definition) is 2. The number of nitrogens with zero attached hydrogens (tertiary/aromatic N) is 1. The third-order valence-electron chi connectivity index (χ3n) is 4.63. The lowest BCUT2D eigenvalue weighted by Crippen LogP contribution is -2.23. The summed E-state index contributed by atoms with van der Waals surface area (Å²) in [6, 6.07) is 9.57. The van der Waals surface area contributed by atoms with Crippen LogP contribution in [0.3, 0.4) is 0 Å². The minimum absolute atomic E-state index is 0.0861. The molecule has 0 unspecified atom stereocenters. The number of aromatic amines is 1. The van der Waals surface area contributed by atoms with Crippen molar-refractivity contribution in [1.29, 1.82) is 0 Å². The molecule has 4 nitrogen and oxygen atoms in total. The Hall–Kier alpha value is -2.33. The summed E-state index contributed by atoms with van der Waals surface area (Å²) in [6.45, 7) is 2.40. The second-order valence-electron chi connectivity index (χ2n) is 6.39. The molecule has 1 aromatic heterocycles. The van der Waals surface area contributed by atoms with Crippen LogP contribution in [-0.4, -0.2) is 16.1 Å². The van der Waals surface area contributed by atoms with Gasteiger partial charge in [-0.3, -0.25) is 9.89 Å². The smallest absolute Gasteiger partial charge is 0.251 e. The molecule has 3 aromatic rings. The van der Waals surface area contributed by atoms with Gasteiger partial charge in [-0.1, -0.05) is 17.7 Å². The summed E-state index contributed by atoms with van der Waals surface area (Å²) in [6.07, 6.45) is 4.29. The minimum atomic E-state index is -0.0861. The molecule has 0 saturated heterocycles. The highest BCUT2D eigenvalue weighted by Crippen LogP contribution is 2.43. The van der Waals surface area contributed by atoms with Crippen LogP contribution in [-0.2, 0) is 6.54 Å². The van der Waals surface area contributed by atoms with Crippen LogP contribution in [0.2, 0.25) is 5.02 Å². The number of carbonyl (C=O) groups excluding carboxylic acids is 1. The number of halogens is 1. The second-order valence-corrected chi connectivity index (χ2v) is 6.79. The van der Waals surface area contributed by atoms with Gasteiger partial charge in [-0.05, 0) is 66.6 Å². The molecule has 0 bridgehead atoms. The highest BCUT2D eigenvalue weighted by atomic mass is 35.5. The minimum Gasteiger partial charge on any atom is -0.348 e. The van der Waals surface area contributed by atoms with Crippen molar-refractivity contribution in [2.45, 2.75) is 32.2 Å². The largest absolute Gasteiger partial charge is 0.348 e. The lowest BCUT2D eigenvalue weighted by Gasteiger charge is -2.12. The van der Waals surface area contributed by atoms with E-state index in [9.17, 15) is 4.79 Å². The molecule has 0 radical (unpaired) electrons. The fourth-order valence-electron chi connectivity index (χ4n) is 3.12. The third kappa shape index (κ3) is 2.78. The van der Waals surface area contributed by atoms with Crippen LogP contribution >= 0.6 is 11.6 Å². The number of rotatable bonds is 4. The molecule has 0 aliphatic heterocycles. The first-order valence-electron chi connectivity index (χ1n) is 8.12. The van der Waals surface area contributed by atoms with Gasteiger partial charge in [0.25, 0.3) is 5.91 Å². The molecule has 0 atom stereocenters. The molecule has 5 heteroatoms. The topological polar surface area (TPSA) is 57.8 Å². The predicted octanol–water partition coefficient (Wildman–Crippen LogP) is 4.33. The lowest BCUT2D eigenvalue weighted by atomic mass is 9.99. The molecule has 122 valence electrons. The Labute approximate surface area is 145 Å². The van der Waals surface area contributed by atoms with Crippen LogP contribution < -0.4 is 5.32 Å². The Bertz CT molecular complexity index is 928. The quantitative estimate of drug-likeness (QED) is 0.743. The zero-order chi connectivity index (χ0) is 16.7. The molecule has 24 heavy (non-hydrogen) atoms. The Balaban J connectivity index is 1.60. The van der Waals surface area contributed by atoms with E-state index in [1.165, 1.54) is 24.0 Å². The van der Waals surface area contributed by atoms with Crippen molar-refractivity contribution in [1.82, 2.24) is 15.5 Å². The Kier molecular flexibility index (Phi) is 3.77. The zero-order valence-corrected chi connectivity index (χ0v) is 14.2. The van der Waals surface area contributed by atoms with E-state index in [-0.39, 0.29) is 5.91 Å². The SMILES string of the molecule is Cc1cc(C(=O)NCc2c(C3CC3)ccc3[nH]ncc23)ccc1Cl. The van der Waals surface area contributed by atoms with Gasteiger partial charge in [-0.2, -0.15) is 5.10 Å². The van der Waals surface area contributed by atoms with Crippen LogP contribution in [0.25, 0.3) is 10.9 Å². The second kappa shape index (κ2) is 5.95. The number of H-pyrrole nitrogens is 1. The van der Waals surface area contributed by atoms with Crippen LogP contribution in [0.15, 0.2) is 36.5 Å². The summed E-state index contributed by atoms with van der Waals surface area (Å²) in [5.74, 6) is 0.533. The normalized spacial score (nSPS) is 14.1. The van der Waals surface area contributed by atoms with E-state index in [1.807, 2.05) is 19.2 Å². The van der Waals surface area contributed by atoms with Gasteiger partial charge >= 0.3 is 0 Å². The summed E-state index contributed by atoms with van der Waals surface area (Å²) >= 11 is 6.03. The Morgan fingerprint density at radius 3 is 2.92 bits per heavy atom. The number of hydrogen-bond acceptors (Lipinski definition) is 2. The number of benzene rings is 2. The molecule has 2 N–H and O–H groups in total. The zero-order valence-electron chi connectivity index (χ0n) is 13.4. The van der Waals surface area contributed by atoms with E-state index >= 15 is 0 Å². The van der Waals surface area contributed by atoms with E-state index in [1.54, 1.807) is 12.1 Å². The van der Waals surface area contributed by atoms with Crippen molar-refractivity contribution in [2.75, 3.05) is 0 Å².